The molecular formula is C8H13N3S2. The summed E-state index contributed by atoms with van der Waals surface area (Å²) in [5, 5.41) is 5.01. The highest BCUT2D eigenvalue weighted by molar-refractivity contribution is 7.99. The molecule has 1 heterocycles. The van der Waals surface area contributed by atoms with Crippen LogP contribution in [0.1, 0.15) is 6.92 Å². The zero-order valence-electron chi connectivity index (χ0n) is 8.00. The van der Waals surface area contributed by atoms with Crippen LogP contribution >= 0.6 is 23.5 Å². The van der Waals surface area contributed by atoms with Crippen molar-refractivity contribution >= 4 is 29.3 Å². The predicted octanol–water partition coefficient (Wildman–Crippen LogP) is 2.35. The van der Waals surface area contributed by atoms with Crippen LogP contribution in [0.3, 0.4) is 0 Å². The van der Waals surface area contributed by atoms with Gasteiger partial charge in [0.2, 0.25) is 0 Å². The molecule has 3 nitrogen and oxygen atoms in total. The number of aromatic nitrogens is 2. The van der Waals surface area contributed by atoms with Crippen molar-refractivity contribution in [2.45, 2.75) is 17.1 Å². The Balaban J connectivity index is 2.93. The van der Waals surface area contributed by atoms with Crippen LogP contribution in [0.5, 0.6) is 0 Å². The third kappa shape index (κ3) is 3.08. The van der Waals surface area contributed by atoms with Crippen molar-refractivity contribution in [1.82, 2.24) is 9.97 Å². The Morgan fingerprint density at radius 3 is 2.62 bits per heavy atom. The van der Waals surface area contributed by atoms with Crippen LogP contribution in [-0.2, 0) is 0 Å². The van der Waals surface area contributed by atoms with Crippen molar-refractivity contribution in [3.63, 3.8) is 0 Å². The Bertz CT molecular complexity index is 256. The topological polar surface area (TPSA) is 37.8 Å². The van der Waals surface area contributed by atoms with Gasteiger partial charge in [0.05, 0.1) is 0 Å². The Hall–Kier alpha value is -0.420. The predicted molar refractivity (Wildman–Crippen MR) is 59.8 cm³/mol. The average Bonchev–Trinajstić information content (AvgIpc) is 2.17. The van der Waals surface area contributed by atoms with Crippen LogP contribution in [0.4, 0.5) is 5.82 Å². The molecule has 0 spiro atoms. The van der Waals surface area contributed by atoms with Crippen molar-refractivity contribution in [1.29, 1.82) is 0 Å². The summed E-state index contributed by atoms with van der Waals surface area (Å²) in [7, 11) is 0. The molecule has 5 heteroatoms. The van der Waals surface area contributed by atoms with Gasteiger partial charge in [-0.25, -0.2) is 9.97 Å². The summed E-state index contributed by atoms with van der Waals surface area (Å²) in [5.41, 5.74) is 0. The first-order chi connectivity index (χ1) is 6.30. The molecule has 1 aromatic rings. The first-order valence-corrected chi connectivity index (χ1v) is 6.46. The summed E-state index contributed by atoms with van der Waals surface area (Å²) in [4.78, 5) is 8.64. The molecule has 0 aliphatic rings. The molecule has 0 aliphatic carbocycles. The lowest BCUT2D eigenvalue weighted by atomic mass is 10.5. The normalized spacial score (nSPS) is 10.1. The molecule has 0 atom stereocenters. The second kappa shape index (κ2) is 5.34. The monoisotopic (exact) mass is 215 g/mol. The molecule has 1 N–H and O–H groups in total. The molecule has 0 unspecified atom stereocenters. The molecule has 13 heavy (non-hydrogen) atoms. The lowest BCUT2D eigenvalue weighted by Gasteiger charge is -2.05. The van der Waals surface area contributed by atoms with E-state index in [2.05, 4.69) is 22.2 Å². The number of hydrogen-bond donors (Lipinski definition) is 1. The van der Waals surface area contributed by atoms with E-state index >= 15 is 0 Å². The number of hydrogen-bond acceptors (Lipinski definition) is 5. The quantitative estimate of drug-likeness (QED) is 0.474. The van der Waals surface area contributed by atoms with Gasteiger partial charge in [0, 0.05) is 12.6 Å². The number of anilines is 1. The molecule has 1 aromatic heterocycles. The standard InChI is InChI=1S/C8H13N3S2/c1-4-9-6-5-7(12-2)11-8(10-6)13-3/h5H,4H2,1-3H3,(H,9,10,11). The van der Waals surface area contributed by atoms with Crippen molar-refractivity contribution in [3.8, 4) is 0 Å². The van der Waals surface area contributed by atoms with Crippen LogP contribution < -0.4 is 5.32 Å². The lowest BCUT2D eigenvalue weighted by Crippen LogP contribution is -2.01. The zero-order valence-corrected chi connectivity index (χ0v) is 9.63. The Morgan fingerprint density at radius 1 is 1.31 bits per heavy atom. The van der Waals surface area contributed by atoms with Crippen molar-refractivity contribution in [2.75, 3.05) is 24.4 Å². The summed E-state index contributed by atoms with van der Waals surface area (Å²) in [6.45, 7) is 2.94. The minimum absolute atomic E-state index is 0.822. The van der Waals surface area contributed by atoms with Gasteiger partial charge in [0.1, 0.15) is 10.8 Å². The van der Waals surface area contributed by atoms with Gasteiger partial charge in [0.25, 0.3) is 0 Å². The summed E-state index contributed by atoms with van der Waals surface area (Å²) in [6, 6.07) is 1.97. The highest BCUT2D eigenvalue weighted by Gasteiger charge is 2.01. The Labute approximate surface area is 87.1 Å². The number of thioether (sulfide) groups is 2. The van der Waals surface area contributed by atoms with Gasteiger partial charge in [-0.05, 0) is 19.4 Å². The van der Waals surface area contributed by atoms with Gasteiger partial charge in [-0.2, -0.15) is 0 Å². The fourth-order valence-electron chi connectivity index (χ4n) is 0.871. The van der Waals surface area contributed by atoms with Gasteiger partial charge in [-0.3, -0.25) is 0 Å². The Morgan fingerprint density at radius 2 is 2.08 bits per heavy atom. The molecular weight excluding hydrogens is 202 g/mol. The van der Waals surface area contributed by atoms with Crippen LogP contribution in [0.15, 0.2) is 16.2 Å². The van der Waals surface area contributed by atoms with Gasteiger partial charge in [-0.15, -0.1) is 11.8 Å². The van der Waals surface area contributed by atoms with Crippen molar-refractivity contribution in [2.24, 2.45) is 0 Å². The molecule has 1 rings (SSSR count). The average molecular weight is 215 g/mol. The first kappa shape index (κ1) is 10.7. The van der Waals surface area contributed by atoms with E-state index in [1.165, 1.54) is 0 Å². The van der Waals surface area contributed by atoms with Gasteiger partial charge in [0.15, 0.2) is 5.16 Å². The van der Waals surface area contributed by atoms with E-state index < -0.39 is 0 Å². The van der Waals surface area contributed by atoms with Crippen molar-refractivity contribution in [3.05, 3.63) is 6.07 Å². The van der Waals surface area contributed by atoms with E-state index in [0.29, 0.717) is 0 Å². The van der Waals surface area contributed by atoms with Gasteiger partial charge < -0.3 is 5.32 Å². The number of nitrogens with one attached hydrogen (secondary N) is 1. The summed E-state index contributed by atoms with van der Waals surface area (Å²) >= 11 is 3.20. The summed E-state index contributed by atoms with van der Waals surface area (Å²) in [5.74, 6) is 0.909. The zero-order chi connectivity index (χ0) is 9.68. The molecule has 0 aliphatic heterocycles. The van der Waals surface area contributed by atoms with E-state index in [1.54, 1.807) is 23.5 Å². The van der Waals surface area contributed by atoms with Crippen LogP contribution in [0.25, 0.3) is 0 Å². The highest BCUT2D eigenvalue weighted by Crippen LogP contribution is 2.19. The van der Waals surface area contributed by atoms with E-state index in [9.17, 15) is 0 Å². The highest BCUT2D eigenvalue weighted by atomic mass is 32.2. The molecule has 72 valence electrons. The summed E-state index contributed by atoms with van der Waals surface area (Å²) in [6.07, 6.45) is 4.00. The maximum Gasteiger partial charge on any atom is 0.190 e. The lowest BCUT2D eigenvalue weighted by molar-refractivity contribution is 0.892. The SMILES string of the molecule is CCNc1cc(SC)nc(SC)n1. The van der Waals surface area contributed by atoms with E-state index in [1.807, 2.05) is 18.6 Å². The van der Waals surface area contributed by atoms with E-state index in [-0.39, 0.29) is 0 Å². The minimum atomic E-state index is 0.822. The van der Waals surface area contributed by atoms with E-state index in [0.717, 1.165) is 22.5 Å². The molecule has 0 saturated heterocycles. The molecule has 0 bridgehead atoms. The molecule has 0 fully saturated rings. The molecule has 0 saturated carbocycles. The molecule has 0 amide bonds. The second-order valence-corrected chi connectivity index (χ2v) is 3.91. The third-order valence-electron chi connectivity index (χ3n) is 1.43. The number of rotatable bonds is 4. The number of nitrogens with zero attached hydrogens (tertiary/aromatic N) is 2. The van der Waals surface area contributed by atoms with Crippen LogP contribution in [0.2, 0.25) is 0 Å². The minimum Gasteiger partial charge on any atom is -0.370 e. The molecule has 0 aromatic carbocycles. The van der Waals surface area contributed by atoms with Crippen molar-refractivity contribution < 1.29 is 0 Å². The van der Waals surface area contributed by atoms with Gasteiger partial charge >= 0.3 is 0 Å². The van der Waals surface area contributed by atoms with Crippen LogP contribution in [0, 0.1) is 0 Å². The smallest absolute Gasteiger partial charge is 0.190 e. The third-order valence-corrected chi connectivity index (χ3v) is 2.61. The Kier molecular flexibility index (Phi) is 4.38. The maximum atomic E-state index is 4.33. The fourth-order valence-corrected chi connectivity index (χ4v) is 1.72. The van der Waals surface area contributed by atoms with E-state index in [4.69, 9.17) is 0 Å². The second-order valence-electron chi connectivity index (χ2n) is 2.31. The maximum absolute atomic E-state index is 4.33. The van der Waals surface area contributed by atoms with Gasteiger partial charge in [-0.1, -0.05) is 11.8 Å². The fraction of sp³-hybridized carbons (Fsp3) is 0.500. The first-order valence-electron chi connectivity index (χ1n) is 4.01. The van der Waals surface area contributed by atoms with Crippen LogP contribution in [-0.4, -0.2) is 29.0 Å². The largest absolute Gasteiger partial charge is 0.370 e. The summed E-state index contributed by atoms with van der Waals surface area (Å²) < 4.78 is 0. The molecule has 0 radical (unpaired) electrons.